The van der Waals surface area contributed by atoms with E-state index in [4.69, 9.17) is 28.4 Å². The molecule has 0 aliphatic rings. The fourth-order valence-corrected chi connectivity index (χ4v) is 4.44. The van der Waals surface area contributed by atoms with E-state index in [0.717, 1.165) is 11.1 Å². The van der Waals surface area contributed by atoms with Crippen LogP contribution in [0.15, 0.2) is 72.8 Å². The van der Waals surface area contributed by atoms with E-state index >= 15 is 0 Å². The van der Waals surface area contributed by atoms with E-state index in [9.17, 15) is 19.2 Å². The van der Waals surface area contributed by atoms with Gasteiger partial charge in [0.25, 0.3) is 0 Å². The average molecular weight is 693 g/mol. The molecule has 0 unspecified atom stereocenters. The van der Waals surface area contributed by atoms with Crippen molar-refractivity contribution in [3.05, 3.63) is 95.1 Å². The Morgan fingerprint density at radius 3 is 1.14 bits per heavy atom. The van der Waals surface area contributed by atoms with Crippen LogP contribution in [0.3, 0.4) is 0 Å². The molecule has 2 atom stereocenters. The van der Waals surface area contributed by atoms with Crippen LogP contribution in [-0.2, 0) is 41.8 Å². The maximum absolute atomic E-state index is 12.6. The number of nitrogens with one attached hydrogen (secondary N) is 2. The standard InChI is InChI=1S/C38H48N2O10/c1-9-45-33(41)31(39-35(43)49-37(3,4)5)27-15-19-29(20-16-27)47-23-25-11-13-26(14-12-25)24-48-30-21-17-28(18-22-30)32(34(42)46-10-2)40-36(44)50-38(6,7)8/h11-22,31-32H,9-10,23-24H2,1-8H3,(H,39,43)(H,40,44)/t31-,32-/m1/s1. The molecule has 0 aliphatic heterocycles. The minimum absolute atomic E-state index is 0.167. The summed E-state index contributed by atoms with van der Waals surface area (Å²) in [5, 5.41) is 5.17. The zero-order valence-electron chi connectivity index (χ0n) is 30.0. The third kappa shape index (κ3) is 13.3. The molecule has 0 saturated carbocycles. The minimum atomic E-state index is -1.03. The van der Waals surface area contributed by atoms with Crippen molar-refractivity contribution in [3.8, 4) is 11.5 Å². The lowest BCUT2D eigenvalue weighted by molar-refractivity contribution is -0.146. The summed E-state index contributed by atoms with van der Waals surface area (Å²) in [7, 11) is 0. The van der Waals surface area contributed by atoms with Crippen molar-refractivity contribution < 1.29 is 47.6 Å². The van der Waals surface area contributed by atoms with Crippen LogP contribution in [0, 0.1) is 0 Å². The Morgan fingerprint density at radius 2 is 0.860 bits per heavy atom. The van der Waals surface area contributed by atoms with Gasteiger partial charge in [-0.3, -0.25) is 0 Å². The summed E-state index contributed by atoms with van der Waals surface area (Å²) in [6.45, 7) is 14.8. The fourth-order valence-electron chi connectivity index (χ4n) is 4.44. The van der Waals surface area contributed by atoms with Crippen molar-refractivity contribution in [2.45, 2.75) is 91.9 Å². The van der Waals surface area contributed by atoms with Crippen molar-refractivity contribution in [2.24, 2.45) is 0 Å². The van der Waals surface area contributed by atoms with Crippen LogP contribution in [0.5, 0.6) is 11.5 Å². The molecule has 270 valence electrons. The molecule has 0 aliphatic carbocycles. The van der Waals surface area contributed by atoms with E-state index in [1.54, 1.807) is 104 Å². The predicted octanol–water partition coefficient (Wildman–Crippen LogP) is 7.10. The van der Waals surface area contributed by atoms with Crippen LogP contribution in [-0.4, -0.2) is 48.5 Å². The van der Waals surface area contributed by atoms with Gasteiger partial charge >= 0.3 is 24.1 Å². The Balaban J connectivity index is 1.55. The predicted molar refractivity (Wildman–Crippen MR) is 185 cm³/mol. The highest BCUT2D eigenvalue weighted by atomic mass is 16.6. The molecule has 0 bridgehead atoms. The van der Waals surface area contributed by atoms with Crippen molar-refractivity contribution in [1.29, 1.82) is 0 Å². The number of alkyl carbamates (subject to hydrolysis) is 2. The van der Waals surface area contributed by atoms with Gasteiger partial charge in [0, 0.05) is 0 Å². The Bertz CT molecular complexity index is 1440. The molecule has 0 heterocycles. The van der Waals surface area contributed by atoms with Crippen molar-refractivity contribution in [3.63, 3.8) is 0 Å². The first-order chi connectivity index (χ1) is 23.6. The van der Waals surface area contributed by atoms with Gasteiger partial charge in [0.1, 0.15) is 35.9 Å². The molecular formula is C38H48N2O10. The number of esters is 2. The van der Waals surface area contributed by atoms with Gasteiger partial charge in [0.15, 0.2) is 12.1 Å². The van der Waals surface area contributed by atoms with Crippen molar-refractivity contribution >= 4 is 24.1 Å². The van der Waals surface area contributed by atoms with Crippen LogP contribution in [0.2, 0.25) is 0 Å². The third-order valence-electron chi connectivity index (χ3n) is 6.63. The second-order valence-electron chi connectivity index (χ2n) is 13.2. The van der Waals surface area contributed by atoms with Gasteiger partial charge in [0.05, 0.1) is 13.2 Å². The summed E-state index contributed by atoms with van der Waals surface area (Å²) in [5.74, 6) is -0.0290. The zero-order chi connectivity index (χ0) is 36.9. The van der Waals surface area contributed by atoms with Crippen molar-refractivity contribution in [1.82, 2.24) is 10.6 Å². The molecule has 12 heteroatoms. The van der Waals surface area contributed by atoms with Gasteiger partial charge in [-0.05, 0) is 102 Å². The molecule has 3 aromatic carbocycles. The molecule has 3 aromatic rings. The lowest BCUT2D eigenvalue weighted by Gasteiger charge is -2.23. The number of ether oxygens (including phenoxy) is 6. The van der Waals surface area contributed by atoms with Crippen molar-refractivity contribution in [2.75, 3.05) is 13.2 Å². The van der Waals surface area contributed by atoms with Crippen LogP contribution < -0.4 is 20.1 Å². The van der Waals surface area contributed by atoms with Gasteiger partial charge in [0.2, 0.25) is 0 Å². The number of carbonyl (C=O) groups is 4. The van der Waals surface area contributed by atoms with E-state index in [-0.39, 0.29) is 13.2 Å². The topological polar surface area (TPSA) is 148 Å². The summed E-state index contributed by atoms with van der Waals surface area (Å²) >= 11 is 0. The molecule has 0 radical (unpaired) electrons. The van der Waals surface area contributed by atoms with Gasteiger partial charge in [-0.1, -0.05) is 48.5 Å². The molecular weight excluding hydrogens is 644 g/mol. The van der Waals surface area contributed by atoms with E-state index in [2.05, 4.69) is 10.6 Å². The first-order valence-corrected chi connectivity index (χ1v) is 16.4. The highest BCUT2D eigenvalue weighted by Gasteiger charge is 2.28. The summed E-state index contributed by atoms with van der Waals surface area (Å²) in [5.41, 5.74) is 1.47. The molecule has 0 saturated heterocycles. The molecule has 2 N–H and O–H groups in total. The van der Waals surface area contributed by atoms with E-state index < -0.39 is 47.4 Å². The monoisotopic (exact) mass is 692 g/mol. The van der Waals surface area contributed by atoms with E-state index in [1.807, 2.05) is 24.3 Å². The third-order valence-corrected chi connectivity index (χ3v) is 6.63. The molecule has 0 fully saturated rings. The number of carbonyl (C=O) groups excluding carboxylic acids is 4. The lowest BCUT2D eigenvalue weighted by Crippen LogP contribution is -2.38. The zero-order valence-corrected chi connectivity index (χ0v) is 30.0. The Hall–Kier alpha value is -5.26. The number of hydrogen-bond acceptors (Lipinski definition) is 10. The highest BCUT2D eigenvalue weighted by Crippen LogP contribution is 2.23. The number of rotatable bonds is 14. The van der Waals surface area contributed by atoms with E-state index in [1.165, 1.54) is 0 Å². The summed E-state index contributed by atoms with van der Waals surface area (Å²) in [6.07, 6.45) is -1.45. The minimum Gasteiger partial charge on any atom is -0.489 e. The Kier molecular flexibility index (Phi) is 14.1. The van der Waals surface area contributed by atoms with Gasteiger partial charge in [-0.2, -0.15) is 0 Å². The SMILES string of the molecule is CCOC(=O)[C@H](NC(=O)OC(C)(C)C)c1ccc(OCc2ccc(COc3ccc([C@@H](NC(=O)OC(C)(C)C)C(=O)OCC)cc3)cc2)cc1. The first-order valence-electron chi connectivity index (χ1n) is 16.4. The van der Waals surface area contributed by atoms with Gasteiger partial charge in [-0.25, -0.2) is 19.2 Å². The molecule has 3 rings (SSSR count). The first kappa shape index (κ1) is 39.2. The number of amides is 2. The molecule has 50 heavy (non-hydrogen) atoms. The maximum Gasteiger partial charge on any atom is 0.408 e. The summed E-state index contributed by atoms with van der Waals surface area (Å²) in [6, 6.07) is 19.3. The molecule has 12 nitrogen and oxygen atoms in total. The quantitative estimate of drug-likeness (QED) is 0.132. The lowest BCUT2D eigenvalue weighted by atomic mass is 10.1. The van der Waals surface area contributed by atoms with Crippen LogP contribution in [0.4, 0.5) is 9.59 Å². The largest absolute Gasteiger partial charge is 0.489 e. The normalized spacial score (nSPS) is 12.5. The molecule has 0 spiro atoms. The summed E-state index contributed by atoms with van der Waals surface area (Å²) < 4.78 is 32.8. The Morgan fingerprint density at radius 1 is 0.540 bits per heavy atom. The second-order valence-corrected chi connectivity index (χ2v) is 13.2. The summed E-state index contributed by atoms with van der Waals surface area (Å²) in [4.78, 5) is 49.8. The number of hydrogen-bond donors (Lipinski definition) is 2. The maximum atomic E-state index is 12.6. The fraction of sp³-hybridized carbons (Fsp3) is 0.421. The van der Waals surface area contributed by atoms with Gasteiger partial charge in [-0.15, -0.1) is 0 Å². The Labute approximate surface area is 293 Å². The van der Waals surface area contributed by atoms with Crippen LogP contribution >= 0.6 is 0 Å². The van der Waals surface area contributed by atoms with E-state index in [0.29, 0.717) is 35.8 Å². The second kappa shape index (κ2) is 17.9. The molecule has 0 aromatic heterocycles. The van der Waals surface area contributed by atoms with Gasteiger partial charge < -0.3 is 39.1 Å². The van der Waals surface area contributed by atoms with Crippen LogP contribution in [0.25, 0.3) is 0 Å². The van der Waals surface area contributed by atoms with Crippen LogP contribution in [0.1, 0.15) is 89.7 Å². The average Bonchev–Trinajstić information content (AvgIpc) is 3.04. The smallest absolute Gasteiger partial charge is 0.408 e. The highest BCUT2D eigenvalue weighted by molar-refractivity contribution is 5.83. The number of benzene rings is 3. The molecule has 2 amide bonds.